The molecule has 0 radical (unpaired) electrons. The Kier molecular flexibility index (Phi) is 12.0. The van der Waals surface area contributed by atoms with E-state index in [2.05, 4.69) is 62.7 Å². The molecule has 2 aliphatic rings. The topological polar surface area (TPSA) is 180 Å². The molecule has 292 valence electrons. The SMILES string of the molecule is CC[C@@H]1C(=O)N(C)c2cnc(-c3ccncc3N)nc2N1C(C)C.CC[C@@H]1C(=O)N(C)c2cnc(-c3ccncc3NC(=O)CC(C)(C)C)nc2N1C(C)C. The van der Waals surface area contributed by atoms with Gasteiger partial charge in [-0.2, -0.15) is 0 Å². The Labute approximate surface area is 323 Å². The second-order valence-corrected chi connectivity index (χ2v) is 15.6. The summed E-state index contributed by atoms with van der Waals surface area (Å²) in [5.41, 5.74) is 9.81. The molecule has 15 heteroatoms. The predicted octanol–water partition coefficient (Wildman–Crippen LogP) is 5.97. The van der Waals surface area contributed by atoms with Crippen molar-refractivity contribution in [2.24, 2.45) is 5.41 Å². The maximum absolute atomic E-state index is 12.9. The van der Waals surface area contributed by atoms with Gasteiger partial charge in [0.1, 0.15) is 23.5 Å². The molecule has 0 unspecified atom stereocenters. The Hall–Kier alpha value is -5.73. The number of hydrogen-bond acceptors (Lipinski definition) is 12. The highest BCUT2D eigenvalue weighted by Crippen LogP contribution is 2.39. The summed E-state index contributed by atoms with van der Waals surface area (Å²) in [5, 5.41) is 2.96. The zero-order valence-corrected chi connectivity index (χ0v) is 33.8. The number of nitrogens with one attached hydrogen (secondary N) is 1. The van der Waals surface area contributed by atoms with Gasteiger partial charge in [0.15, 0.2) is 23.3 Å². The van der Waals surface area contributed by atoms with Crippen LogP contribution in [-0.4, -0.2) is 85.9 Å². The van der Waals surface area contributed by atoms with E-state index in [1.54, 1.807) is 73.2 Å². The first-order chi connectivity index (χ1) is 26.0. The maximum Gasteiger partial charge on any atom is 0.249 e. The highest BCUT2D eigenvalue weighted by molar-refractivity contribution is 6.05. The van der Waals surface area contributed by atoms with E-state index < -0.39 is 0 Å². The first-order valence-electron chi connectivity index (χ1n) is 18.8. The van der Waals surface area contributed by atoms with E-state index in [1.165, 1.54) is 0 Å². The van der Waals surface area contributed by atoms with Crippen LogP contribution in [0.4, 0.5) is 34.4 Å². The van der Waals surface area contributed by atoms with Crippen LogP contribution in [0.2, 0.25) is 0 Å². The van der Waals surface area contributed by atoms with Crippen LogP contribution < -0.4 is 30.7 Å². The first-order valence-corrected chi connectivity index (χ1v) is 18.8. The molecule has 3 N–H and O–H groups in total. The van der Waals surface area contributed by atoms with Crippen LogP contribution in [0.1, 0.15) is 81.6 Å². The standard InChI is InChI=1S/C23H32N6O2.C17H22N6O/c1-8-17-22(31)28(7)18-13-25-20(27-21(18)29(17)14(2)3)15-9-10-24-12-16(15)26-19(30)11-23(4,5)6;1-5-13-17(24)22(4)14-9-20-15(11-6-7-19-8-12(11)18)21-16(14)23(13)10(2)3/h9-10,12-14,17H,8,11H2,1-7H3,(H,26,30);6-10,13H,5,18H2,1-4H3/t17-;13-/m11/s1. The minimum atomic E-state index is -0.274. The van der Waals surface area contributed by atoms with Crippen molar-refractivity contribution < 1.29 is 14.4 Å². The third kappa shape index (κ3) is 8.35. The molecule has 0 fully saturated rings. The number of aromatic nitrogens is 6. The second-order valence-electron chi connectivity index (χ2n) is 15.6. The van der Waals surface area contributed by atoms with Crippen molar-refractivity contribution in [2.75, 3.05) is 44.7 Å². The highest BCUT2D eigenvalue weighted by Gasteiger charge is 2.39. The number of amides is 3. The molecule has 15 nitrogen and oxygen atoms in total. The third-order valence-corrected chi connectivity index (χ3v) is 9.62. The fourth-order valence-corrected chi connectivity index (χ4v) is 6.99. The first kappa shape index (κ1) is 40.5. The fraction of sp³-hybridized carbons (Fsp3) is 0.475. The average molecular weight is 751 g/mol. The summed E-state index contributed by atoms with van der Waals surface area (Å²) in [6.45, 7) is 18.3. The van der Waals surface area contributed by atoms with Crippen molar-refractivity contribution in [3.05, 3.63) is 49.3 Å². The van der Waals surface area contributed by atoms with Crippen LogP contribution in [0.5, 0.6) is 0 Å². The predicted molar refractivity (Wildman–Crippen MR) is 218 cm³/mol. The molecule has 0 saturated heterocycles. The lowest BCUT2D eigenvalue weighted by Crippen LogP contribution is -2.54. The number of carbonyl (C=O) groups is 3. The monoisotopic (exact) mass is 750 g/mol. The van der Waals surface area contributed by atoms with Crippen molar-refractivity contribution in [3.63, 3.8) is 0 Å². The Morgan fingerprint density at radius 3 is 1.65 bits per heavy atom. The molecule has 0 bridgehead atoms. The molecule has 4 aromatic heterocycles. The molecule has 55 heavy (non-hydrogen) atoms. The summed E-state index contributed by atoms with van der Waals surface area (Å²) < 4.78 is 0. The fourth-order valence-electron chi connectivity index (χ4n) is 6.99. The molecule has 0 aromatic carbocycles. The van der Waals surface area contributed by atoms with E-state index in [1.807, 2.05) is 34.6 Å². The number of anilines is 6. The van der Waals surface area contributed by atoms with E-state index in [9.17, 15) is 14.4 Å². The van der Waals surface area contributed by atoms with Crippen LogP contribution in [0, 0.1) is 5.41 Å². The minimum Gasteiger partial charge on any atom is -0.397 e. The van der Waals surface area contributed by atoms with Gasteiger partial charge in [0, 0.05) is 56.1 Å². The molecule has 6 heterocycles. The Morgan fingerprint density at radius 2 is 1.22 bits per heavy atom. The van der Waals surface area contributed by atoms with Crippen LogP contribution in [0.15, 0.2) is 49.3 Å². The van der Waals surface area contributed by atoms with Gasteiger partial charge in [-0.15, -0.1) is 0 Å². The molecule has 0 saturated carbocycles. The van der Waals surface area contributed by atoms with Crippen LogP contribution >= 0.6 is 0 Å². The Balaban J connectivity index is 0.000000218. The summed E-state index contributed by atoms with van der Waals surface area (Å²) in [7, 11) is 3.53. The summed E-state index contributed by atoms with van der Waals surface area (Å²) in [4.78, 5) is 72.1. The molecule has 4 aromatic rings. The smallest absolute Gasteiger partial charge is 0.249 e. The molecular weight excluding hydrogens is 697 g/mol. The zero-order valence-electron chi connectivity index (χ0n) is 33.8. The van der Waals surface area contributed by atoms with E-state index in [0.717, 1.165) is 29.3 Å². The van der Waals surface area contributed by atoms with Crippen molar-refractivity contribution >= 4 is 52.1 Å². The van der Waals surface area contributed by atoms with Crippen LogP contribution in [-0.2, 0) is 14.4 Å². The number of hydrogen-bond donors (Lipinski definition) is 2. The summed E-state index contributed by atoms with van der Waals surface area (Å²) in [6, 6.07) is 3.33. The van der Waals surface area contributed by atoms with E-state index in [0.29, 0.717) is 47.1 Å². The summed E-state index contributed by atoms with van der Waals surface area (Å²) >= 11 is 0. The van der Waals surface area contributed by atoms with Crippen LogP contribution in [0.3, 0.4) is 0 Å². The zero-order chi connectivity index (χ0) is 40.4. The molecule has 2 aliphatic heterocycles. The van der Waals surface area contributed by atoms with Crippen LogP contribution in [0.25, 0.3) is 22.8 Å². The van der Waals surface area contributed by atoms with Gasteiger partial charge in [-0.1, -0.05) is 34.6 Å². The van der Waals surface area contributed by atoms with Crippen molar-refractivity contribution in [1.29, 1.82) is 0 Å². The Morgan fingerprint density at radius 1 is 0.764 bits per heavy atom. The lowest BCUT2D eigenvalue weighted by molar-refractivity contribution is -0.120. The van der Waals surface area contributed by atoms with E-state index in [-0.39, 0.29) is 47.3 Å². The second kappa shape index (κ2) is 16.3. The van der Waals surface area contributed by atoms with E-state index in [4.69, 9.17) is 15.7 Å². The number of nitrogens with zero attached hydrogens (tertiary/aromatic N) is 10. The molecule has 6 rings (SSSR count). The van der Waals surface area contributed by atoms with Crippen molar-refractivity contribution in [2.45, 2.75) is 106 Å². The van der Waals surface area contributed by atoms with Gasteiger partial charge in [-0.3, -0.25) is 24.4 Å². The Bertz CT molecular complexity index is 2050. The number of pyridine rings is 2. The average Bonchev–Trinajstić information content (AvgIpc) is 3.13. The van der Waals surface area contributed by atoms with Gasteiger partial charge in [-0.05, 0) is 58.1 Å². The molecule has 0 spiro atoms. The number of likely N-dealkylation sites (N-methyl/N-ethyl adjacent to an activating group) is 2. The van der Waals surface area contributed by atoms with Crippen molar-refractivity contribution in [1.82, 2.24) is 29.9 Å². The van der Waals surface area contributed by atoms with Gasteiger partial charge in [0.25, 0.3) is 0 Å². The quantitative estimate of drug-likeness (QED) is 0.216. The third-order valence-electron chi connectivity index (χ3n) is 9.62. The summed E-state index contributed by atoms with van der Waals surface area (Å²) in [5.74, 6) is 2.53. The van der Waals surface area contributed by atoms with Gasteiger partial charge < -0.3 is 30.7 Å². The van der Waals surface area contributed by atoms with E-state index >= 15 is 0 Å². The lowest BCUT2D eigenvalue weighted by Gasteiger charge is -2.42. The van der Waals surface area contributed by atoms with Gasteiger partial charge in [0.05, 0.1) is 36.2 Å². The largest absolute Gasteiger partial charge is 0.397 e. The molecular formula is C40H54N12O3. The van der Waals surface area contributed by atoms with Gasteiger partial charge >= 0.3 is 0 Å². The molecule has 0 aliphatic carbocycles. The minimum absolute atomic E-state index is 0.0408. The summed E-state index contributed by atoms with van der Waals surface area (Å²) in [6.07, 6.45) is 11.7. The van der Waals surface area contributed by atoms with Crippen molar-refractivity contribution in [3.8, 4) is 22.8 Å². The molecule has 3 amide bonds. The number of rotatable bonds is 8. The number of nitrogens with two attached hydrogens (primary N) is 1. The maximum atomic E-state index is 12.9. The van der Waals surface area contributed by atoms with Gasteiger partial charge in [-0.25, -0.2) is 19.9 Å². The lowest BCUT2D eigenvalue weighted by atomic mass is 9.92. The molecule has 2 atom stereocenters. The highest BCUT2D eigenvalue weighted by atomic mass is 16.2. The van der Waals surface area contributed by atoms with Gasteiger partial charge in [0.2, 0.25) is 17.7 Å². The number of fused-ring (bicyclic) bond motifs is 2. The normalized spacial score (nSPS) is 16.9. The number of carbonyl (C=O) groups excluding carboxylic acids is 3. The number of nitrogen functional groups attached to an aromatic ring is 1.